The number of rotatable bonds is 11. The third kappa shape index (κ3) is 6.40. The van der Waals surface area contributed by atoms with Crippen molar-refractivity contribution >= 4 is 5.97 Å². The molecule has 0 aromatic carbocycles. The molecule has 1 unspecified atom stereocenters. The van der Waals surface area contributed by atoms with Gasteiger partial charge < -0.3 is 5.11 Å². The van der Waals surface area contributed by atoms with E-state index >= 15 is 0 Å². The Kier molecular flexibility index (Phi) is 9.03. The Morgan fingerprint density at radius 2 is 1.48 bits per heavy atom. The molecule has 0 aromatic heterocycles. The SMILES string of the molecule is CCCCCCCCCCC(C)(C(=O)O)C1CCCCC1. The summed E-state index contributed by atoms with van der Waals surface area (Å²) in [6.45, 7) is 4.25. The standard InChI is InChI=1S/C19H36O2/c1-3-4-5-6-7-8-9-13-16-19(2,18(20)21)17-14-11-10-12-15-17/h17H,3-16H2,1-2H3,(H,20,21). The lowest BCUT2D eigenvalue weighted by Gasteiger charge is -2.36. The van der Waals surface area contributed by atoms with Gasteiger partial charge in [0.1, 0.15) is 0 Å². The van der Waals surface area contributed by atoms with Gasteiger partial charge in [0, 0.05) is 0 Å². The van der Waals surface area contributed by atoms with Gasteiger partial charge in [-0.15, -0.1) is 0 Å². The van der Waals surface area contributed by atoms with Crippen molar-refractivity contribution in [1.29, 1.82) is 0 Å². The van der Waals surface area contributed by atoms with Gasteiger partial charge in [0.05, 0.1) is 5.41 Å². The highest BCUT2D eigenvalue weighted by Gasteiger charge is 2.40. The van der Waals surface area contributed by atoms with Crippen LogP contribution in [0.2, 0.25) is 0 Å². The van der Waals surface area contributed by atoms with Gasteiger partial charge in [-0.2, -0.15) is 0 Å². The molecule has 0 spiro atoms. The molecule has 21 heavy (non-hydrogen) atoms. The number of carboxylic acid groups (broad SMARTS) is 1. The highest BCUT2D eigenvalue weighted by Crippen LogP contribution is 2.42. The van der Waals surface area contributed by atoms with E-state index in [4.69, 9.17) is 0 Å². The monoisotopic (exact) mass is 296 g/mol. The third-order valence-electron chi connectivity index (χ3n) is 5.54. The minimum Gasteiger partial charge on any atom is -0.481 e. The van der Waals surface area contributed by atoms with E-state index in [1.807, 2.05) is 6.92 Å². The van der Waals surface area contributed by atoms with Crippen LogP contribution >= 0.6 is 0 Å². The molecule has 1 rings (SSSR count). The van der Waals surface area contributed by atoms with E-state index in [2.05, 4.69) is 6.92 Å². The Bertz CT molecular complexity index is 281. The van der Waals surface area contributed by atoms with Crippen LogP contribution in [0.4, 0.5) is 0 Å². The van der Waals surface area contributed by atoms with Crippen molar-refractivity contribution in [2.24, 2.45) is 11.3 Å². The van der Waals surface area contributed by atoms with Crippen LogP contribution in [-0.4, -0.2) is 11.1 Å². The first-order valence-electron chi connectivity index (χ1n) is 9.34. The molecular weight excluding hydrogens is 260 g/mol. The molecule has 0 radical (unpaired) electrons. The second-order valence-corrected chi connectivity index (χ2v) is 7.28. The number of hydrogen-bond donors (Lipinski definition) is 1. The van der Waals surface area contributed by atoms with E-state index in [1.165, 1.54) is 64.2 Å². The van der Waals surface area contributed by atoms with Crippen molar-refractivity contribution in [2.75, 3.05) is 0 Å². The predicted octanol–water partition coefficient (Wildman–Crippen LogP) is 6.19. The average Bonchev–Trinajstić information content (AvgIpc) is 2.50. The summed E-state index contributed by atoms with van der Waals surface area (Å²) in [4.78, 5) is 11.8. The molecule has 2 nitrogen and oxygen atoms in total. The van der Waals surface area contributed by atoms with Crippen molar-refractivity contribution in [3.8, 4) is 0 Å². The molecule has 1 N–H and O–H groups in total. The molecular formula is C19H36O2. The van der Waals surface area contributed by atoms with Crippen molar-refractivity contribution in [2.45, 2.75) is 104 Å². The van der Waals surface area contributed by atoms with E-state index in [9.17, 15) is 9.90 Å². The summed E-state index contributed by atoms with van der Waals surface area (Å²) >= 11 is 0. The predicted molar refractivity (Wildman–Crippen MR) is 89.5 cm³/mol. The average molecular weight is 296 g/mol. The van der Waals surface area contributed by atoms with Gasteiger partial charge in [0.15, 0.2) is 0 Å². The van der Waals surface area contributed by atoms with Crippen molar-refractivity contribution < 1.29 is 9.90 Å². The molecule has 0 amide bonds. The van der Waals surface area contributed by atoms with Crippen molar-refractivity contribution in [3.05, 3.63) is 0 Å². The molecule has 124 valence electrons. The zero-order chi connectivity index (χ0) is 15.6. The Hall–Kier alpha value is -0.530. The molecule has 0 aromatic rings. The number of carboxylic acids is 1. The smallest absolute Gasteiger partial charge is 0.309 e. The molecule has 0 aliphatic heterocycles. The molecule has 0 heterocycles. The summed E-state index contributed by atoms with van der Waals surface area (Å²) in [6.07, 6.45) is 17.2. The van der Waals surface area contributed by atoms with Crippen LogP contribution in [-0.2, 0) is 4.79 Å². The van der Waals surface area contributed by atoms with E-state index in [0.717, 1.165) is 25.7 Å². The zero-order valence-electron chi connectivity index (χ0n) is 14.3. The van der Waals surface area contributed by atoms with Gasteiger partial charge in [-0.3, -0.25) is 4.79 Å². The second-order valence-electron chi connectivity index (χ2n) is 7.28. The third-order valence-corrected chi connectivity index (χ3v) is 5.54. The van der Waals surface area contributed by atoms with Crippen molar-refractivity contribution in [1.82, 2.24) is 0 Å². The lowest BCUT2D eigenvalue weighted by molar-refractivity contribution is -0.153. The van der Waals surface area contributed by atoms with Crippen LogP contribution in [0.1, 0.15) is 104 Å². The Balaban J connectivity index is 2.23. The first-order chi connectivity index (χ1) is 10.1. The fourth-order valence-corrected chi connectivity index (χ4v) is 3.85. The minimum absolute atomic E-state index is 0.410. The molecule has 1 aliphatic rings. The summed E-state index contributed by atoms with van der Waals surface area (Å²) < 4.78 is 0. The maximum atomic E-state index is 11.8. The Labute approximate surface area is 131 Å². The topological polar surface area (TPSA) is 37.3 Å². The number of unbranched alkanes of at least 4 members (excludes halogenated alkanes) is 7. The van der Waals surface area contributed by atoms with Gasteiger partial charge in [-0.05, 0) is 32.1 Å². The fraction of sp³-hybridized carbons (Fsp3) is 0.947. The fourth-order valence-electron chi connectivity index (χ4n) is 3.85. The van der Waals surface area contributed by atoms with Crippen LogP contribution in [0.15, 0.2) is 0 Å². The van der Waals surface area contributed by atoms with Crippen LogP contribution in [0.3, 0.4) is 0 Å². The molecule has 1 saturated carbocycles. The zero-order valence-corrected chi connectivity index (χ0v) is 14.3. The van der Waals surface area contributed by atoms with Gasteiger partial charge in [0.2, 0.25) is 0 Å². The summed E-state index contributed by atoms with van der Waals surface area (Å²) in [5.41, 5.74) is -0.470. The Morgan fingerprint density at radius 1 is 0.952 bits per heavy atom. The lowest BCUT2D eigenvalue weighted by Crippen LogP contribution is -2.37. The summed E-state index contributed by atoms with van der Waals surface area (Å²) in [7, 11) is 0. The van der Waals surface area contributed by atoms with Crippen LogP contribution in [0.5, 0.6) is 0 Å². The van der Waals surface area contributed by atoms with E-state index in [0.29, 0.717) is 5.92 Å². The summed E-state index contributed by atoms with van der Waals surface area (Å²) in [5.74, 6) is -0.148. The summed E-state index contributed by atoms with van der Waals surface area (Å²) in [6, 6.07) is 0. The maximum Gasteiger partial charge on any atom is 0.309 e. The maximum absolute atomic E-state index is 11.8. The van der Waals surface area contributed by atoms with E-state index in [1.54, 1.807) is 0 Å². The normalized spacial score (nSPS) is 19.3. The molecule has 0 bridgehead atoms. The highest BCUT2D eigenvalue weighted by atomic mass is 16.4. The van der Waals surface area contributed by atoms with Crippen LogP contribution in [0, 0.1) is 11.3 Å². The summed E-state index contributed by atoms with van der Waals surface area (Å²) in [5, 5.41) is 9.68. The molecule has 0 saturated heterocycles. The van der Waals surface area contributed by atoms with Gasteiger partial charge in [-0.25, -0.2) is 0 Å². The van der Waals surface area contributed by atoms with Gasteiger partial charge >= 0.3 is 5.97 Å². The minimum atomic E-state index is -0.558. The number of carbonyl (C=O) groups is 1. The number of hydrogen-bond acceptors (Lipinski definition) is 1. The number of aliphatic carboxylic acids is 1. The quantitative estimate of drug-likeness (QED) is 0.462. The molecule has 1 atom stereocenters. The largest absolute Gasteiger partial charge is 0.481 e. The Morgan fingerprint density at radius 3 is 2.00 bits per heavy atom. The lowest BCUT2D eigenvalue weighted by atomic mass is 9.67. The van der Waals surface area contributed by atoms with Crippen molar-refractivity contribution in [3.63, 3.8) is 0 Å². The second kappa shape index (κ2) is 10.2. The first kappa shape index (κ1) is 18.5. The van der Waals surface area contributed by atoms with E-state index in [-0.39, 0.29) is 0 Å². The highest BCUT2D eigenvalue weighted by molar-refractivity contribution is 5.74. The molecule has 2 heteroatoms. The van der Waals surface area contributed by atoms with E-state index < -0.39 is 11.4 Å². The van der Waals surface area contributed by atoms with Gasteiger partial charge in [0.25, 0.3) is 0 Å². The van der Waals surface area contributed by atoms with Crippen LogP contribution in [0.25, 0.3) is 0 Å². The van der Waals surface area contributed by atoms with Crippen LogP contribution < -0.4 is 0 Å². The first-order valence-corrected chi connectivity index (χ1v) is 9.34. The molecule has 1 aliphatic carbocycles. The van der Waals surface area contributed by atoms with Gasteiger partial charge in [-0.1, -0.05) is 77.6 Å². The molecule has 1 fully saturated rings.